The van der Waals surface area contributed by atoms with Crippen molar-refractivity contribution in [1.29, 1.82) is 0 Å². The minimum absolute atomic E-state index is 0.696. The number of hydrogen-bond acceptors (Lipinski definition) is 5. The largest absolute Gasteiger partial charge is 0.354 e. The second-order valence-electron chi connectivity index (χ2n) is 5.53. The summed E-state index contributed by atoms with van der Waals surface area (Å²) in [6.07, 6.45) is 5.73. The molecule has 0 spiro atoms. The van der Waals surface area contributed by atoms with E-state index >= 15 is 0 Å². The lowest BCUT2D eigenvalue weighted by atomic mass is 10.2. The Morgan fingerprint density at radius 2 is 2.20 bits per heavy atom. The van der Waals surface area contributed by atoms with E-state index in [1.165, 1.54) is 32.4 Å². The quantitative estimate of drug-likeness (QED) is 0.915. The Balaban J connectivity index is 1.81. The number of hydrogen-bond donors (Lipinski definition) is 1. The van der Waals surface area contributed by atoms with Crippen LogP contribution in [0, 0.1) is 0 Å². The zero-order chi connectivity index (χ0) is 13.9. The molecule has 2 saturated heterocycles. The number of fused-ring (bicyclic) bond motifs is 1. The van der Waals surface area contributed by atoms with Gasteiger partial charge in [-0.05, 0) is 48.7 Å². The normalized spacial score (nSPS) is 23.5. The van der Waals surface area contributed by atoms with Gasteiger partial charge in [0.2, 0.25) is 5.95 Å². The summed E-state index contributed by atoms with van der Waals surface area (Å²) in [7, 11) is 0. The van der Waals surface area contributed by atoms with Crippen LogP contribution in [0.2, 0.25) is 0 Å². The minimum atomic E-state index is 0.696. The second-order valence-corrected chi connectivity index (χ2v) is 6.38. The smallest absolute Gasteiger partial charge is 0.224 e. The lowest BCUT2D eigenvalue weighted by Gasteiger charge is -2.27. The number of aromatic nitrogens is 2. The van der Waals surface area contributed by atoms with Crippen molar-refractivity contribution in [3.05, 3.63) is 10.7 Å². The van der Waals surface area contributed by atoms with Crippen LogP contribution >= 0.6 is 15.9 Å². The fraction of sp³-hybridized carbons (Fsp3) is 0.714. The van der Waals surface area contributed by atoms with E-state index in [2.05, 4.69) is 47.9 Å². The van der Waals surface area contributed by atoms with Crippen LogP contribution in [-0.4, -0.2) is 53.6 Å². The molecule has 5 nitrogen and oxygen atoms in total. The Labute approximate surface area is 128 Å². The summed E-state index contributed by atoms with van der Waals surface area (Å²) in [5, 5.41) is 3.20. The van der Waals surface area contributed by atoms with Crippen LogP contribution in [0.5, 0.6) is 0 Å². The molecule has 1 unspecified atom stereocenters. The van der Waals surface area contributed by atoms with E-state index in [0.717, 1.165) is 35.9 Å². The van der Waals surface area contributed by atoms with Crippen LogP contribution < -0.4 is 10.2 Å². The highest BCUT2D eigenvalue weighted by atomic mass is 79.9. The molecular weight excluding hydrogens is 318 g/mol. The molecule has 1 N–H and O–H groups in total. The van der Waals surface area contributed by atoms with Crippen molar-refractivity contribution in [2.75, 3.05) is 42.9 Å². The molecule has 2 aliphatic rings. The summed E-state index contributed by atoms with van der Waals surface area (Å²) in [5.41, 5.74) is 0. The van der Waals surface area contributed by atoms with Gasteiger partial charge in [0.1, 0.15) is 5.82 Å². The Morgan fingerprint density at radius 1 is 1.35 bits per heavy atom. The lowest BCUT2D eigenvalue weighted by Crippen LogP contribution is -2.37. The van der Waals surface area contributed by atoms with Gasteiger partial charge < -0.3 is 10.2 Å². The molecule has 0 bridgehead atoms. The summed E-state index contributed by atoms with van der Waals surface area (Å²) in [5.74, 6) is 1.75. The van der Waals surface area contributed by atoms with Gasteiger partial charge in [0.15, 0.2) is 0 Å². The average molecular weight is 340 g/mol. The van der Waals surface area contributed by atoms with Crippen LogP contribution in [0.3, 0.4) is 0 Å². The third-order valence-electron chi connectivity index (χ3n) is 4.16. The number of nitrogens with zero attached hydrogens (tertiary/aromatic N) is 4. The summed E-state index contributed by atoms with van der Waals surface area (Å²) >= 11 is 3.61. The van der Waals surface area contributed by atoms with Gasteiger partial charge in [-0.3, -0.25) is 4.90 Å². The lowest BCUT2D eigenvalue weighted by molar-refractivity contribution is 0.273. The van der Waals surface area contributed by atoms with Crippen LogP contribution in [0.15, 0.2) is 10.7 Å². The van der Waals surface area contributed by atoms with Crippen LogP contribution in [0.25, 0.3) is 0 Å². The van der Waals surface area contributed by atoms with Crippen LogP contribution in [0.1, 0.15) is 26.2 Å². The molecule has 1 atom stereocenters. The fourth-order valence-corrected chi connectivity index (χ4v) is 3.66. The number of halogens is 1. The Hall–Kier alpha value is -0.880. The monoisotopic (exact) mass is 339 g/mol. The van der Waals surface area contributed by atoms with E-state index in [1.807, 2.05) is 6.20 Å². The van der Waals surface area contributed by atoms with E-state index in [9.17, 15) is 0 Å². The average Bonchev–Trinajstić information content (AvgIpc) is 2.79. The molecule has 0 aliphatic carbocycles. The van der Waals surface area contributed by atoms with E-state index in [0.29, 0.717) is 6.04 Å². The highest BCUT2D eigenvalue weighted by Gasteiger charge is 2.29. The maximum atomic E-state index is 4.68. The van der Waals surface area contributed by atoms with E-state index in [4.69, 9.17) is 0 Å². The third kappa shape index (κ3) is 2.91. The predicted molar refractivity (Wildman–Crippen MR) is 85.3 cm³/mol. The van der Waals surface area contributed by atoms with Gasteiger partial charge in [-0.25, -0.2) is 4.98 Å². The summed E-state index contributed by atoms with van der Waals surface area (Å²) in [4.78, 5) is 14.0. The molecular formula is C14H22BrN5. The SMILES string of the molecule is CCNc1ncc(Br)c(N2CCCN3CCCC3C2)n1. The van der Waals surface area contributed by atoms with Crippen molar-refractivity contribution in [3.63, 3.8) is 0 Å². The minimum Gasteiger partial charge on any atom is -0.354 e. The van der Waals surface area contributed by atoms with Gasteiger partial charge in [0.05, 0.1) is 4.47 Å². The van der Waals surface area contributed by atoms with E-state index in [-0.39, 0.29) is 0 Å². The van der Waals surface area contributed by atoms with Gasteiger partial charge in [-0.2, -0.15) is 4.98 Å². The van der Waals surface area contributed by atoms with Crippen molar-refractivity contribution < 1.29 is 0 Å². The van der Waals surface area contributed by atoms with Crippen molar-refractivity contribution in [2.24, 2.45) is 0 Å². The van der Waals surface area contributed by atoms with E-state index in [1.54, 1.807) is 0 Å². The Kier molecular flexibility index (Phi) is 4.41. The first-order valence-electron chi connectivity index (χ1n) is 7.53. The van der Waals surface area contributed by atoms with Gasteiger partial charge in [0.25, 0.3) is 0 Å². The number of anilines is 2. The number of rotatable bonds is 3. The molecule has 0 amide bonds. The molecule has 2 aliphatic heterocycles. The predicted octanol–water partition coefficient (Wildman–Crippen LogP) is 2.35. The second kappa shape index (κ2) is 6.26. The zero-order valence-corrected chi connectivity index (χ0v) is 13.6. The van der Waals surface area contributed by atoms with E-state index < -0.39 is 0 Å². The van der Waals surface area contributed by atoms with Gasteiger partial charge in [-0.15, -0.1) is 0 Å². The highest BCUT2D eigenvalue weighted by Crippen LogP contribution is 2.29. The Morgan fingerprint density at radius 3 is 3.05 bits per heavy atom. The molecule has 6 heteroatoms. The molecule has 3 rings (SSSR count). The van der Waals surface area contributed by atoms with Crippen molar-refractivity contribution in [3.8, 4) is 0 Å². The maximum absolute atomic E-state index is 4.68. The van der Waals surface area contributed by atoms with Crippen molar-refractivity contribution in [1.82, 2.24) is 14.9 Å². The first kappa shape index (κ1) is 14.1. The molecule has 1 aromatic heterocycles. The van der Waals surface area contributed by atoms with Gasteiger partial charge in [-0.1, -0.05) is 0 Å². The Bertz CT molecular complexity index is 467. The molecule has 3 heterocycles. The molecule has 110 valence electrons. The molecule has 20 heavy (non-hydrogen) atoms. The third-order valence-corrected chi connectivity index (χ3v) is 4.72. The summed E-state index contributed by atoms with van der Waals surface area (Å²) in [6.45, 7) is 7.57. The van der Waals surface area contributed by atoms with Crippen LogP contribution in [0.4, 0.5) is 11.8 Å². The maximum Gasteiger partial charge on any atom is 0.224 e. The summed E-state index contributed by atoms with van der Waals surface area (Å²) < 4.78 is 0.991. The van der Waals surface area contributed by atoms with Gasteiger partial charge in [0, 0.05) is 38.4 Å². The molecule has 0 aromatic carbocycles. The molecule has 1 aromatic rings. The fourth-order valence-electron chi connectivity index (χ4n) is 3.22. The standard InChI is InChI=1S/C14H22BrN5/c1-2-16-14-17-9-12(15)13(18-14)20-8-4-7-19-6-3-5-11(19)10-20/h9,11H,2-8,10H2,1H3,(H,16,17,18). The number of nitrogens with one attached hydrogen (secondary N) is 1. The van der Waals surface area contributed by atoms with Crippen LogP contribution in [-0.2, 0) is 0 Å². The highest BCUT2D eigenvalue weighted by molar-refractivity contribution is 9.10. The molecule has 0 radical (unpaired) electrons. The van der Waals surface area contributed by atoms with Gasteiger partial charge >= 0.3 is 0 Å². The first-order valence-corrected chi connectivity index (χ1v) is 8.32. The molecule has 0 saturated carbocycles. The van der Waals surface area contributed by atoms with Crippen molar-refractivity contribution >= 4 is 27.7 Å². The topological polar surface area (TPSA) is 44.3 Å². The first-order chi connectivity index (χ1) is 9.78. The molecule has 2 fully saturated rings. The van der Waals surface area contributed by atoms with Crippen molar-refractivity contribution in [2.45, 2.75) is 32.2 Å². The zero-order valence-electron chi connectivity index (χ0n) is 12.0. The summed E-state index contributed by atoms with van der Waals surface area (Å²) in [6, 6.07) is 0.696.